The summed E-state index contributed by atoms with van der Waals surface area (Å²) in [6, 6.07) is 5.40. The molecule has 0 aromatic heterocycles. The fourth-order valence-corrected chi connectivity index (χ4v) is 4.44. The van der Waals surface area contributed by atoms with E-state index >= 15 is 0 Å². The maximum absolute atomic E-state index is 13.0. The Morgan fingerprint density at radius 2 is 1.62 bits per heavy atom. The zero-order valence-electron chi connectivity index (χ0n) is 13.6. The van der Waals surface area contributed by atoms with Gasteiger partial charge in [-0.05, 0) is 36.0 Å². The van der Waals surface area contributed by atoms with Crippen molar-refractivity contribution in [3.05, 3.63) is 29.3 Å². The lowest BCUT2D eigenvalue weighted by atomic mass is 10.2. The minimum Gasteiger partial charge on any atom is -0.207 e. The van der Waals surface area contributed by atoms with Crippen LogP contribution in [0.25, 0.3) is 0 Å². The van der Waals surface area contributed by atoms with E-state index in [-0.39, 0.29) is 11.8 Å². The Balaban J connectivity index is 3.27. The van der Waals surface area contributed by atoms with E-state index in [9.17, 15) is 8.42 Å². The molecule has 0 unspecified atom stereocenters. The quantitative estimate of drug-likeness (QED) is 0.707. The minimum atomic E-state index is -3.48. The zero-order valence-corrected chi connectivity index (χ0v) is 15.1. The predicted molar refractivity (Wildman–Crippen MR) is 89.2 cm³/mol. The summed E-state index contributed by atoms with van der Waals surface area (Å²) in [5.41, 5.74) is 1.59. The molecule has 0 bridgehead atoms. The van der Waals surface area contributed by atoms with Gasteiger partial charge in [-0.25, -0.2) is 8.42 Å². The number of sulfonamides is 1. The van der Waals surface area contributed by atoms with Crippen LogP contribution in [-0.4, -0.2) is 25.8 Å². The Bertz CT molecular complexity index is 558. The largest absolute Gasteiger partial charge is 0.243 e. The molecular formula is C16H26ClNO2S. The third kappa shape index (κ3) is 4.97. The summed E-state index contributed by atoms with van der Waals surface area (Å²) in [6.45, 7) is 11.0. The Morgan fingerprint density at radius 3 is 2.05 bits per heavy atom. The first-order valence-corrected chi connectivity index (χ1v) is 9.31. The van der Waals surface area contributed by atoms with Crippen LogP contribution in [0, 0.1) is 18.8 Å². The van der Waals surface area contributed by atoms with Gasteiger partial charge in [0.1, 0.15) is 0 Å². The van der Waals surface area contributed by atoms with Gasteiger partial charge in [-0.15, -0.1) is 11.6 Å². The SMILES string of the molecule is Cc1ccc(CCl)cc1S(=O)(=O)N(CC(C)C)CC(C)C. The van der Waals surface area contributed by atoms with Crippen LogP contribution in [0.3, 0.4) is 0 Å². The van der Waals surface area contributed by atoms with Crippen molar-refractivity contribution < 1.29 is 8.42 Å². The molecule has 3 nitrogen and oxygen atoms in total. The van der Waals surface area contributed by atoms with Gasteiger partial charge in [0.15, 0.2) is 0 Å². The van der Waals surface area contributed by atoms with Crippen LogP contribution in [0.15, 0.2) is 23.1 Å². The Kier molecular flexibility index (Phi) is 6.70. The molecule has 1 aromatic rings. The fraction of sp³-hybridized carbons (Fsp3) is 0.625. The summed E-state index contributed by atoms with van der Waals surface area (Å²) < 4.78 is 27.6. The average molecular weight is 332 g/mol. The van der Waals surface area contributed by atoms with Crippen molar-refractivity contribution in [3.63, 3.8) is 0 Å². The molecular weight excluding hydrogens is 306 g/mol. The molecule has 0 spiro atoms. The molecule has 21 heavy (non-hydrogen) atoms. The van der Waals surface area contributed by atoms with Crippen LogP contribution in [0.5, 0.6) is 0 Å². The van der Waals surface area contributed by atoms with Crippen molar-refractivity contribution in [1.29, 1.82) is 0 Å². The van der Waals surface area contributed by atoms with E-state index in [2.05, 4.69) is 0 Å². The van der Waals surface area contributed by atoms with Crippen molar-refractivity contribution in [2.24, 2.45) is 11.8 Å². The summed E-state index contributed by atoms with van der Waals surface area (Å²) in [5.74, 6) is 0.891. The van der Waals surface area contributed by atoms with E-state index in [1.54, 1.807) is 10.4 Å². The number of aryl methyl sites for hydroxylation is 1. The Labute approximate surface area is 134 Å². The van der Waals surface area contributed by atoms with Crippen molar-refractivity contribution in [1.82, 2.24) is 4.31 Å². The van der Waals surface area contributed by atoms with Gasteiger partial charge < -0.3 is 0 Å². The lowest BCUT2D eigenvalue weighted by molar-refractivity contribution is 0.333. The molecule has 120 valence electrons. The first-order chi connectivity index (χ1) is 9.68. The predicted octanol–water partition coefficient (Wildman–Crippen LogP) is 4.04. The van der Waals surface area contributed by atoms with E-state index in [4.69, 9.17) is 11.6 Å². The van der Waals surface area contributed by atoms with E-state index in [1.807, 2.05) is 46.8 Å². The van der Waals surface area contributed by atoms with Crippen molar-refractivity contribution in [2.45, 2.75) is 45.4 Å². The molecule has 0 amide bonds. The van der Waals surface area contributed by atoms with Gasteiger partial charge in [0.25, 0.3) is 0 Å². The molecule has 0 fully saturated rings. The van der Waals surface area contributed by atoms with Crippen molar-refractivity contribution in [3.8, 4) is 0 Å². The van der Waals surface area contributed by atoms with Crippen LogP contribution in [0.2, 0.25) is 0 Å². The monoisotopic (exact) mass is 331 g/mol. The van der Waals surface area contributed by atoms with E-state index < -0.39 is 10.0 Å². The second-order valence-electron chi connectivity index (χ2n) is 6.34. The number of hydrogen-bond donors (Lipinski definition) is 0. The van der Waals surface area contributed by atoms with Crippen molar-refractivity contribution >= 4 is 21.6 Å². The molecule has 1 rings (SSSR count). The smallest absolute Gasteiger partial charge is 0.207 e. The van der Waals surface area contributed by atoms with Gasteiger partial charge in [0.05, 0.1) is 4.90 Å². The van der Waals surface area contributed by atoms with Crippen molar-refractivity contribution in [2.75, 3.05) is 13.1 Å². The zero-order chi connectivity index (χ0) is 16.2. The second-order valence-corrected chi connectivity index (χ2v) is 8.52. The Morgan fingerprint density at radius 1 is 1.10 bits per heavy atom. The summed E-state index contributed by atoms with van der Waals surface area (Å²) in [4.78, 5) is 0.377. The molecule has 0 radical (unpaired) electrons. The minimum absolute atomic E-state index is 0.287. The third-order valence-electron chi connectivity index (χ3n) is 3.16. The second kappa shape index (κ2) is 7.61. The van der Waals surface area contributed by atoms with Crippen LogP contribution in [0.1, 0.15) is 38.8 Å². The maximum atomic E-state index is 13.0. The molecule has 0 saturated heterocycles. The van der Waals surface area contributed by atoms with Crippen LogP contribution in [0.4, 0.5) is 0 Å². The van der Waals surface area contributed by atoms with Gasteiger partial charge in [-0.2, -0.15) is 4.31 Å². The molecule has 0 aliphatic carbocycles. The van der Waals surface area contributed by atoms with Gasteiger partial charge in [-0.1, -0.05) is 39.8 Å². The number of alkyl halides is 1. The maximum Gasteiger partial charge on any atom is 0.243 e. The third-order valence-corrected chi connectivity index (χ3v) is 5.44. The highest BCUT2D eigenvalue weighted by Crippen LogP contribution is 2.24. The summed E-state index contributed by atoms with van der Waals surface area (Å²) >= 11 is 5.84. The lowest BCUT2D eigenvalue weighted by Crippen LogP contribution is -2.37. The first-order valence-electron chi connectivity index (χ1n) is 7.34. The number of rotatable bonds is 7. The number of nitrogens with zero attached hydrogens (tertiary/aromatic N) is 1. The summed E-state index contributed by atoms with van der Waals surface area (Å²) in [7, 11) is -3.48. The van der Waals surface area contributed by atoms with Gasteiger partial charge >= 0.3 is 0 Å². The standard InChI is InChI=1S/C16H26ClNO2S/c1-12(2)10-18(11-13(3)4)21(19,20)16-8-15(9-17)7-6-14(16)5/h6-8,12-13H,9-11H2,1-5H3. The van der Waals surface area contributed by atoms with E-state index in [0.29, 0.717) is 23.9 Å². The molecule has 5 heteroatoms. The summed E-state index contributed by atoms with van der Waals surface area (Å²) in [5, 5.41) is 0. The Hall–Kier alpha value is -0.580. The molecule has 1 aromatic carbocycles. The molecule has 0 aliphatic heterocycles. The molecule has 0 atom stereocenters. The number of benzene rings is 1. The van der Waals surface area contributed by atoms with Crippen LogP contribution >= 0.6 is 11.6 Å². The summed E-state index contributed by atoms with van der Waals surface area (Å²) in [6.07, 6.45) is 0. The van der Waals surface area contributed by atoms with E-state index in [1.165, 1.54) is 0 Å². The molecule has 0 heterocycles. The van der Waals surface area contributed by atoms with E-state index in [0.717, 1.165) is 11.1 Å². The highest BCUT2D eigenvalue weighted by molar-refractivity contribution is 7.89. The van der Waals surface area contributed by atoms with Crippen LogP contribution < -0.4 is 0 Å². The molecule has 0 aliphatic rings. The first kappa shape index (κ1) is 18.5. The topological polar surface area (TPSA) is 37.4 Å². The molecule has 0 N–H and O–H groups in total. The number of hydrogen-bond acceptors (Lipinski definition) is 2. The average Bonchev–Trinajstić information content (AvgIpc) is 2.37. The van der Waals surface area contributed by atoms with Gasteiger partial charge in [0, 0.05) is 19.0 Å². The van der Waals surface area contributed by atoms with Crippen LogP contribution in [-0.2, 0) is 15.9 Å². The highest BCUT2D eigenvalue weighted by atomic mass is 35.5. The fourth-order valence-electron chi connectivity index (χ4n) is 2.23. The lowest BCUT2D eigenvalue weighted by Gasteiger charge is -2.26. The number of halogens is 1. The molecule has 0 saturated carbocycles. The van der Waals surface area contributed by atoms with Gasteiger partial charge in [0.2, 0.25) is 10.0 Å². The normalized spacial score (nSPS) is 12.6. The van der Waals surface area contributed by atoms with Gasteiger partial charge in [-0.3, -0.25) is 0 Å². The highest BCUT2D eigenvalue weighted by Gasteiger charge is 2.27.